The maximum Gasteiger partial charge on any atom is 0.277 e. The summed E-state index contributed by atoms with van der Waals surface area (Å²) in [5.74, 6) is 0. The summed E-state index contributed by atoms with van der Waals surface area (Å²) in [7, 11) is 3.76. The van der Waals surface area contributed by atoms with Gasteiger partial charge in [-0.15, -0.1) is 0 Å². The molecule has 1 aromatic carbocycles. The van der Waals surface area contributed by atoms with Crippen LogP contribution in [0, 0.1) is 10.1 Å². The van der Waals surface area contributed by atoms with Crippen LogP contribution in [0.1, 0.15) is 5.56 Å². The Balaban J connectivity index is 2.20. The first-order valence-electron chi connectivity index (χ1n) is 6.32. The van der Waals surface area contributed by atoms with Crippen LogP contribution in [-0.4, -0.2) is 40.5 Å². The van der Waals surface area contributed by atoms with Crippen molar-refractivity contribution < 1.29 is 4.92 Å². The molecule has 0 aliphatic carbocycles. The number of benzene rings is 1. The summed E-state index contributed by atoms with van der Waals surface area (Å²) in [4.78, 5) is 17.1. The van der Waals surface area contributed by atoms with Gasteiger partial charge < -0.3 is 14.8 Å². The average molecular weight is 274 g/mol. The molecule has 20 heavy (non-hydrogen) atoms. The molecule has 0 amide bonds. The third kappa shape index (κ3) is 3.50. The van der Waals surface area contributed by atoms with Gasteiger partial charge in [0, 0.05) is 48.5 Å². The molecule has 0 fully saturated rings. The van der Waals surface area contributed by atoms with Crippen molar-refractivity contribution in [1.82, 2.24) is 14.8 Å². The molecule has 0 aliphatic rings. The third-order valence-electron chi connectivity index (χ3n) is 2.92. The maximum atomic E-state index is 10.8. The van der Waals surface area contributed by atoms with Crippen LogP contribution < -0.4 is 0 Å². The van der Waals surface area contributed by atoms with E-state index in [4.69, 9.17) is 0 Å². The van der Waals surface area contributed by atoms with Gasteiger partial charge in [0.15, 0.2) is 0 Å². The van der Waals surface area contributed by atoms with Crippen LogP contribution >= 0.6 is 0 Å². The summed E-state index contributed by atoms with van der Waals surface area (Å²) < 4.78 is 0. The van der Waals surface area contributed by atoms with Crippen LogP contribution in [0.5, 0.6) is 0 Å². The highest BCUT2D eigenvalue weighted by Crippen LogP contribution is 2.19. The number of nitro groups is 1. The van der Waals surface area contributed by atoms with Gasteiger partial charge >= 0.3 is 0 Å². The highest BCUT2D eigenvalue weighted by Gasteiger charge is 2.10. The Labute approximate surface area is 117 Å². The zero-order valence-corrected chi connectivity index (χ0v) is 11.6. The first-order chi connectivity index (χ1) is 9.56. The monoisotopic (exact) mass is 274 g/mol. The molecule has 0 aliphatic heterocycles. The number of H-pyrrole nitrogens is 1. The van der Waals surface area contributed by atoms with E-state index in [1.165, 1.54) is 0 Å². The van der Waals surface area contributed by atoms with E-state index in [1.54, 1.807) is 17.3 Å². The lowest BCUT2D eigenvalue weighted by atomic mass is 10.2. The van der Waals surface area contributed by atoms with Crippen molar-refractivity contribution in [1.29, 1.82) is 0 Å². The Hall–Kier alpha value is -2.50. The normalized spacial score (nSPS) is 11.1. The van der Waals surface area contributed by atoms with Crippen molar-refractivity contribution in [3.05, 3.63) is 58.5 Å². The molecule has 0 radical (unpaired) electrons. The molecule has 1 aromatic heterocycles. The third-order valence-corrected chi connectivity index (χ3v) is 2.92. The average Bonchev–Trinajstić information content (AvgIpc) is 2.79. The van der Waals surface area contributed by atoms with Gasteiger partial charge in [0.25, 0.3) is 6.67 Å². The Bertz CT molecular complexity index is 618. The van der Waals surface area contributed by atoms with Crippen molar-refractivity contribution in [3.63, 3.8) is 0 Å². The van der Waals surface area contributed by atoms with Crippen LogP contribution in [-0.2, 0) is 6.54 Å². The predicted octanol–water partition coefficient (Wildman–Crippen LogP) is 2.24. The molecule has 6 heteroatoms. The Morgan fingerprint density at radius 3 is 2.75 bits per heavy atom. The van der Waals surface area contributed by atoms with Crippen LogP contribution in [0.4, 0.5) is 0 Å². The lowest BCUT2D eigenvalue weighted by molar-refractivity contribution is -0.501. The molecule has 2 aromatic rings. The first-order valence-corrected chi connectivity index (χ1v) is 6.32. The van der Waals surface area contributed by atoms with Crippen LogP contribution in [0.3, 0.4) is 0 Å². The number of hydrogen-bond donors (Lipinski definition) is 1. The molecular formula is C14H18N4O2. The lowest BCUT2D eigenvalue weighted by Gasteiger charge is -2.16. The summed E-state index contributed by atoms with van der Waals surface area (Å²) in [6, 6.07) is 7.93. The van der Waals surface area contributed by atoms with Gasteiger partial charge in [-0.1, -0.05) is 18.2 Å². The van der Waals surface area contributed by atoms with E-state index < -0.39 is 0 Å². The predicted molar refractivity (Wildman–Crippen MR) is 78.5 cm³/mol. The van der Waals surface area contributed by atoms with Gasteiger partial charge in [0.2, 0.25) is 0 Å². The fraction of sp³-hybridized carbons (Fsp3) is 0.286. The second-order valence-corrected chi connectivity index (χ2v) is 4.84. The van der Waals surface area contributed by atoms with Crippen molar-refractivity contribution in [2.24, 2.45) is 0 Å². The molecule has 0 unspecified atom stereocenters. The summed E-state index contributed by atoms with van der Waals surface area (Å²) in [6.07, 6.45) is 5.45. The molecule has 2 rings (SSSR count). The second-order valence-electron chi connectivity index (χ2n) is 4.84. The number of aromatic amines is 1. The van der Waals surface area contributed by atoms with Crippen LogP contribution in [0.2, 0.25) is 0 Å². The van der Waals surface area contributed by atoms with E-state index in [-0.39, 0.29) is 11.6 Å². The zero-order valence-electron chi connectivity index (χ0n) is 11.6. The largest absolute Gasteiger partial charge is 0.382 e. The van der Waals surface area contributed by atoms with E-state index in [2.05, 4.69) is 4.98 Å². The van der Waals surface area contributed by atoms with Gasteiger partial charge in [-0.3, -0.25) is 10.1 Å². The number of fused-ring (bicyclic) bond motifs is 1. The molecule has 1 heterocycles. The lowest BCUT2D eigenvalue weighted by Crippen LogP contribution is -2.24. The number of nitrogens with zero attached hydrogens (tertiary/aromatic N) is 3. The number of aromatic nitrogens is 1. The van der Waals surface area contributed by atoms with Gasteiger partial charge in [-0.05, 0) is 11.6 Å². The summed E-state index contributed by atoms with van der Waals surface area (Å²) in [5.41, 5.74) is 2.09. The maximum absolute atomic E-state index is 10.8. The van der Waals surface area contributed by atoms with E-state index in [0.717, 1.165) is 16.5 Å². The molecule has 0 bridgehead atoms. The standard InChI is InChI=1S/C14H18N4O2/c1-16(2)7-8-17(11-18(19)20)10-12-9-15-14-6-4-3-5-13(12)14/h3-9,15H,10-11H2,1-2H3/b8-7+. The molecule has 0 saturated carbocycles. The molecule has 6 nitrogen and oxygen atoms in total. The van der Waals surface area contributed by atoms with Crippen LogP contribution in [0.25, 0.3) is 10.9 Å². The van der Waals surface area contributed by atoms with Gasteiger partial charge in [-0.25, -0.2) is 0 Å². The molecule has 1 N–H and O–H groups in total. The Morgan fingerprint density at radius 2 is 2.05 bits per heavy atom. The summed E-state index contributed by atoms with van der Waals surface area (Å²) >= 11 is 0. The SMILES string of the molecule is CN(C)/C=C/N(Cc1c[nH]c2ccccc12)C[N+](=O)[O-]. The van der Waals surface area contributed by atoms with E-state index in [9.17, 15) is 10.1 Å². The van der Waals surface area contributed by atoms with Crippen molar-refractivity contribution >= 4 is 10.9 Å². The number of nitrogens with one attached hydrogen (secondary N) is 1. The molecule has 0 atom stereocenters. The fourth-order valence-corrected chi connectivity index (χ4v) is 2.01. The molecular weight excluding hydrogens is 256 g/mol. The minimum Gasteiger partial charge on any atom is -0.382 e. The number of rotatable bonds is 6. The highest BCUT2D eigenvalue weighted by molar-refractivity contribution is 5.82. The fourth-order valence-electron chi connectivity index (χ4n) is 2.01. The smallest absolute Gasteiger partial charge is 0.277 e. The van der Waals surface area contributed by atoms with E-state index in [0.29, 0.717) is 6.54 Å². The molecule has 0 saturated heterocycles. The van der Waals surface area contributed by atoms with Crippen molar-refractivity contribution in [3.8, 4) is 0 Å². The second kappa shape index (κ2) is 6.10. The number of hydrogen-bond acceptors (Lipinski definition) is 4. The van der Waals surface area contributed by atoms with Crippen LogP contribution in [0.15, 0.2) is 42.9 Å². The Kier molecular flexibility index (Phi) is 4.24. The zero-order chi connectivity index (χ0) is 14.5. The minimum absolute atomic E-state index is 0.218. The summed E-state index contributed by atoms with van der Waals surface area (Å²) in [6.45, 7) is 0.277. The Morgan fingerprint density at radius 1 is 1.30 bits per heavy atom. The summed E-state index contributed by atoms with van der Waals surface area (Å²) in [5, 5.41) is 11.9. The first kappa shape index (κ1) is 13.9. The molecule has 106 valence electrons. The highest BCUT2D eigenvalue weighted by atomic mass is 16.6. The van der Waals surface area contributed by atoms with Gasteiger partial charge in [0.1, 0.15) is 0 Å². The topological polar surface area (TPSA) is 65.4 Å². The quantitative estimate of drug-likeness (QED) is 0.498. The van der Waals surface area contributed by atoms with Crippen molar-refractivity contribution in [2.75, 3.05) is 20.8 Å². The number of para-hydroxylation sites is 1. The van der Waals surface area contributed by atoms with E-state index in [1.807, 2.05) is 49.5 Å². The van der Waals surface area contributed by atoms with Gasteiger partial charge in [0.05, 0.1) is 6.54 Å². The minimum atomic E-state index is -0.325. The van der Waals surface area contributed by atoms with Gasteiger partial charge in [-0.2, -0.15) is 0 Å². The van der Waals surface area contributed by atoms with Crippen molar-refractivity contribution in [2.45, 2.75) is 6.54 Å². The molecule has 0 spiro atoms. The van der Waals surface area contributed by atoms with E-state index >= 15 is 0 Å².